The second-order valence-electron chi connectivity index (χ2n) is 4.93. The van der Waals surface area contributed by atoms with E-state index in [2.05, 4.69) is 19.0 Å². The first-order valence-corrected chi connectivity index (χ1v) is 5.53. The average molecular weight is 183 g/mol. The van der Waals surface area contributed by atoms with Crippen molar-refractivity contribution in [3.05, 3.63) is 0 Å². The van der Waals surface area contributed by atoms with E-state index in [0.717, 1.165) is 6.54 Å². The van der Waals surface area contributed by atoms with E-state index < -0.39 is 0 Å². The van der Waals surface area contributed by atoms with E-state index in [-0.39, 0.29) is 0 Å². The minimum atomic E-state index is 0.320. The van der Waals surface area contributed by atoms with Crippen LogP contribution < -0.4 is 0 Å². The summed E-state index contributed by atoms with van der Waals surface area (Å²) in [7, 11) is 4.26. The van der Waals surface area contributed by atoms with E-state index in [1.165, 1.54) is 38.5 Å². The van der Waals surface area contributed by atoms with Gasteiger partial charge in [0.2, 0.25) is 0 Å². The van der Waals surface area contributed by atoms with Gasteiger partial charge in [0, 0.05) is 6.54 Å². The molecule has 0 bridgehead atoms. The molecule has 1 atom stereocenters. The van der Waals surface area contributed by atoms with Gasteiger partial charge in [0.25, 0.3) is 0 Å². The van der Waals surface area contributed by atoms with Crippen LogP contribution in [0.4, 0.5) is 0 Å². The summed E-state index contributed by atoms with van der Waals surface area (Å²) in [6, 6.07) is 0. The Kier molecular flexibility index (Phi) is 2.61. The quantitative estimate of drug-likeness (QED) is 0.649. The summed E-state index contributed by atoms with van der Waals surface area (Å²) >= 11 is 0. The zero-order valence-electron chi connectivity index (χ0n) is 8.88. The zero-order valence-corrected chi connectivity index (χ0v) is 8.88. The van der Waals surface area contributed by atoms with E-state index in [1.807, 2.05) is 0 Å². The van der Waals surface area contributed by atoms with Gasteiger partial charge < -0.3 is 9.64 Å². The molecule has 0 aromatic carbocycles. The smallest absolute Gasteiger partial charge is 0.0710 e. The Morgan fingerprint density at radius 2 is 1.92 bits per heavy atom. The molecule has 2 nitrogen and oxygen atoms in total. The monoisotopic (exact) mass is 183 g/mol. The van der Waals surface area contributed by atoms with Crippen molar-refractivity contribution in [2.75, 3.05) is 20.6 Å². The largest absolute Gasteiger partial charge is 0.370 e. The van der Waals surface area contributed by atoms with Gasteiger partial charge >= 0.3 is 0 Å². The number of rotatable bonds is 2. The van der Waals surface area contributed by atoms with Gasteiger partial charge in [0.15, 0.2) is 0 Å². The van der Waals surface area contributed by atoms with Crippen LogP contribution in [0, 0.1) is 0 Å². The molecular formula is C11H21NO. The number of hydrogen-bond acceptors (Lipinski definition) is 2. The first-order valence-electron chi connectivity index (χ1n) is 5.53. The van der Waals surface area contributed by atoms with Crippen LogP contribution in [0.3, 0.4) is 0 Å². The van der Waals surface area contributed by atoms with Crippen molar-refractivity contribution in [3.63, 3.8) is 0 Å². The van der Waals surface area contributed by atoms with Crippen molar-refractivity contribution in [3.8, 4) is 0 Å². The summed E-state index contributed by atoms with van der Waals surface area (Å²) in [6.45, 7) is 1.10. The third-order valence-corrected chi connectivity index (χ3v) is 3.42. The van der Waals surface area contributed by atoms with Crippen LogP contribution in [0.2, 0.25) is 0 Å². The molecule has 1 spiro atoms. The molecule has 1 aliphatic carbocycles. The van der Waals surface area contributed by atoms with E-state index in [0.29, 0.717) is 11.7 Å². The Morgan fingerprint density at radius 3 is 2.54 bits per heavy atom. The highest BCUT2D eigenvalue weighted by atomic mass is 16.5. The molecule has 0 amide bonds. The van der Waals surface area contributed by atoms with Crippen LogP contribution in [-0.2, 0) is 4.74 Å². The summed E-state index contributed by atoms with van der Waals surface area (Å²) in [5.41, 5.74) is 0.320. The highest BCUT2D eigenvalue weighted by Crippen LogP contribution is 2.43. The van der Waals surface area contributed by atoms with E-state index in [9.17, 15) is 0 Å². The Morgan fingerprint density at radius 1 is 1.23 bits per heavy atom. The molecule has 1 unspecified atom stereocenters. The van der Waals surface area contributed by atoms with Crippen LogP contribution in [0.25, 0.3) is 0 Å². The van der Waals surface area contributed by atoms with E-state index in [4.69, 9.17) is 4.74 Å². The Labute approximate surface area is 81.3 Å². The molecule has 0 radical (unpaired) electrons. The van der Waals surface area contributed by atoms with Crippen LogP contribution in [0.1, 0.15) is 38.5 Å². The first-order chi connectivity index (χ1) is 6.20. The molecule has 76 valence electrons. The van der Waals surface area contributed by atoms with Gasteiger partial charge in [-0.3, -0.25) is 0 Å². The van der Waals surface area contributed by atoms with Crippen molar-refractivity contribution in [1.29, 1.82) is 0 Å². The Bertz CT molecular complexity index is 173. The highest BCUT2D eigenvalue weighted by molar-refractivity contribution is 4.93. The topological polar surface area (TPSA) is 12.5 Å². The number of likely N-dealkylation sites (N-methyl/N-ethyl adjacent to an activating group) is 1. The van der Waals surface area contributed by atoms with Gasteiger partial charge in [-0.05, 0) is 39.8 Å². The van der Waals surface area contributed by atoms with Crippen LogP contribution in [-0.4, -0.2) is 37.2 Å². The zero-order chi connectivity index (χ0) is 9.31. The van der Waals surface area contributed by atoms with Crippen molar-refractivity contribution in [2.24, 2.45) is 0 Å². The standard InChI is InChI=1S/C11H21NO/c1-12(2)9-10-5-8-11(13-10)6-3-4-7-11/h10H,3-9H2,1-2H3. The fourth-order valence-corrected chi connectivity index (χ4v) is 2.82. The molecule has 0 aromatic heterocycles. The summed E-state index contributed by atoms with van der Waals surface area (Å²) in [4.78, 5) is 2.23. The van der Waals surface area contributed by atoms with Gasteiger partial charge in [0.05, 0.1) is 11.7 Å². The molecule has 1 saturated heterocycles. The number of ether oxygens (including phenoxy) is 1. The maximum absolute atomic E-state index is 6.18. The van der Waals surface area contributed by atoms with E-state index >= 15 is 0 Å². The fourth-order valence-electron chi connectivity index (χ4n) is 2.82. The van der Waals surface area contributed by atoms with Crippen LogP contribution in [0.15, 0.2) is 0 Å². The summed E-state index contributed by atoms with van der Waals surface area (Å²) < 4.78 is 6.18. The lowest BCUT2D eigenvalue weighted by Crippen LogP contribution is -2.30. The predicted molar refractivity (Wildman–Crippen MR) is 53.9 cm³/mol. The molecular weight excluding hydrogens is 162 g/mol. The molecule has 13 heavy (non-hydrogen) atoms. The van der Waals surface area contributed by atoms with Gasteiger partial charge in [-0.2, -0.15) is 0 Å². The van der Waals surface area contributed by atoms with Crippen molar-refractivity contribution in [2.45, 2.75) is 50.2 Å². The summed E-state index contributed by atoms with van der Waals surface area (Å²) in [6.07, 6.45) is 8.49. The minimum Gasteiger partial charge on any atom is -0.370 e. The Balaban J connectivity index is 1.86. The maximum atomic E-state index is 6.18. The van der Waals surface area contributed by atoms with Gasteiger partial charge in [-0.25, -0.2) is 0 Å². The molecule has 1 saturated carbocycles. The average Bonchev–Trinajstić information content (AvgIpc) is 2.63. The lowest BCUT2D eigenvalue weighted by molar-refractivity contribution is -0.0432. The second kappa shape index (κ2) is 3.58. The van der Waals surface area contributed by atoms with Crippen molar-refractivity contribution in [1.82, 2.24) is 4.90 Å². The van der Waals surface area contributed by atoms with Crippen LogP contribution >= 0.6 is 0 Å². The molecule has 0 N–H and O–H groups in total. The maximum Gasteiger partial charge on any atom is 0.0710 e. The van der Waals surface area contributed by atoms with Gasteiger partial charge in [0.1, 0.15) is 0 Å². The first kappa shape index (κ1) is 9.47. The summed E-state index contributed by atoms with van der Waals surface area (Å²) in [5, 5.41) is 0. The molecule has 1 aliphatic heterocycles. The fraction of sp³-hybridized carbons (Fsp3) is 1.00. The molecule has 1 heterocycles. The van der Waals surface area contributed by atoms with Gasteiger partial charge in [-0.1, -0.05) is 12.8 Å². The summed E-state index contributed by atoms with van der Waals surface area (Å²) in [5.74, 6) is 0. The predicted octanol–water partition coefficient (Wildman–Crippen LogP) is 2.04. The second-order valence-corrected chi connectivity index (χ2v) is 4.93. The lowest BCUT2D eigenvalue weighted by atomic mass is 9.98. The van der Waals surface area contributed by atoms with Crippen molar-refractivity contribution >= 4 is 0 Å². The van der Waals surface area contributed by atoms with Crippen LogP contribution in [0.5, 0.6) is 0 Å². The van der Waals surface area contributed by atoms with E-state index in [1.54, 1.807) is 0 Å². The van der Waals surface area contributed by atoms with Crippen molar-refractivity contribution < 1.29 is 4.74 Å². The molecule has 2 aliphatic rings. The lowest BCUT2D eigenvalue weighted by Gasteiger charge is -2.24. The van der Waals surface area contributed by atoms with Gasteiger partial charge in [-0.15, -0.1) is 0 Å². The molecule has 2 heteroatoms. The third kappa shape index (κ3) is 2.05. The molecule has 0 aromatic rings. The normalized spacial score (nSPS) is 32.1. The Hall–Kier alpha value is -0.0800. The third-order valence-electron chi connectivity index (χ3n) is 3.42. The highest BCUT2D eigenvalue weighted by Gasteiger charge is 2.41. The number of nitrogens with zero attached hydrogens (tertiary/aromatic N) is 1. The SMILES string of the molecule is CN(C)CC1CCC2(CCCC2)O1. The number of hydrogen-bond donors (Lipinski definition) is 0. The molecule has 2 fully saturated rings. The minimum absolute atomic E-state index is 0.320. The molecule has 2 rings (SSSR count).